The molecule has 0 atom stereocenters. The van der Waals surface area contributed by atoms with Crippen molar-refractivity contribution in [3.8, 4) is 11.3 Å². The van der Waals surface area contributed by atoms with Crippen LogP contribution < -0.4 is 10.2 Å². The van der Waals surface area contributed by atoms with Crippen molar-refractivity contribution in [3.05, 3.63) is 95.8 Å². The lowest BCUT2D eigenvalue weighted by molar-refractivity contribution is -0.137. The molecule has 4 aromatic rings. The molecule has 1 aliphatic heterocycles. The number of alkyl halides is 3. The molecule has 13 heteroatoms. The number of halogens is 3. The van der Waals surface area contributed by atoms with Crippen molar-refractivity contribution in [2.24, 2.45) is 0 Å². The second-order valence-electron chi connectivity index (χ2n) is 11.2. The van der Waals surface area contributed by atoms with Crippen molar-refractivity contribution in [2.45, 2.75) is 19.1 Å². The van der Waals surface area contributed by atoms with Crippen LogP contribution in [0.1, 0.15) is 27.9 Å². The van der Waals surface area contributed by atoms with E-state index in [0.29, 0.717) is 17.1 Å². The van der Waals surface area contributed by atoms with Gasteiger partial charge < -0.3 is 20.0 Å². The smallest absolute Gasteiger partial charge is 0.311 e. The molecular weight excluding hydrogens is 597 g/mol. The number of rotatable bonds is 10. The summed E-state index contributed by atoms with van der Waals surface area (Å²) in [5.74, 6) is -0.567. The molecule has 0 aliphatic carbocycles. The van der Waals surface area contributed by atoms with E-state index in [0.717, 1.165) is 68.3 Å². The molecule has 0 unspecified atom stereocenters. The highest BCUT2D eigenvalue weighted by Crippen LogP contribution is 2.31. The first-order valence-electron chi connectivity index (χ1n) is 14.9. The number of aromatic nitrogens is 4. The number of hydrogen-bond acceptors (Lipinski definition) is 7. The number of nitrogens with zero attached hydrogens (tertiary/aromatic N) is 7. The summed E-state index contributed by atoms with van der Waals surface area (Å²) in [6, 6.07) is 14.5. The molecule has 1 fully saturated rings. The van der Waals surface area contributed by atoms with E-state index in [4.69, 9.17) is 0 Å². The minimum Gasteiger partial charge on any atom is -0.311 e. The Hall–Kier alpha value is -4.88. The Labute approximate surface area is 265 Å². The molecule has 10 nitrogen and oxygen atoms in total. The van der Waals surface area contributed by atoms with E-state index in [2.05, 4.69) is 37.5 Å². The number of anilines is 2. The number of benzene rings is 2. The largest absolute Gasteiger partial charge is 0.416 e. The number of carbonyl (C=O) groups excluding carboxylic acids is 2. The number of carbonyl (C=O) groups is 2. The monoisotopic (exact) mass is 632 g/mol. The lowest BCUT2D eigenvalue weighted by atomic mass is 10.1. The number of likely N-dealkylation sites (N-methyl/N-ethyl adjacent to an activating group) is 1. The Morgan fingerprint density at radius 2 is 1.78 bits per heavy atom. The van der Waals surface area contributed by atoms with Crippen LogP contribution in [0.3, 0.4) is 0 Å². The molecular formula is C33H35F3N8O2. The van der Waals surface area contributed by atoms with Crippen LogP contribution in [0.2, 0.25) is 0 Å². The Balaban J connectivity index is 1.13. The van der Waals surface area contributed by atoms with E-state index in [1.54, 1.807) is 42.6 Å². The summed E-state index contributed by atoms with van der Waals surface area (Å²) >= 11 is 0. The third kappa shape index (κ3) is 8.64. The van der Waals surface area contributed by atoms with Crippen molar-refractivity contribution >= 4 is 29.4 Å². The molecule has 2 aromatic heterocycles. The average molecular weight is 633 g/mol. The summed E-state index contributed by atoms with van der Waals surface area (Å²) in [6.07, 6.45) is 2.82. The van der Waals surface area contributed by atoms with Gasteiger partial charge in [-0.3, -0.25) is 14.3 Å². The molecule has 2 amide bonds. The Morgan fingerprint density at radius 3 is 2.52 bits per heavy atom. The van der Waals surface area contributed by atoms with Crippen molar-refractivity contribution in [3.63, 3.8) is 0 Å². The highest BCUT2D eigenvalue weighted by Gasteiger charge is 2.31. The topological polar surface area (TPSA) is 99.5 Å². The summed E-state index contributed by atoms with van der Waals surface area (Å²) in [5, 5.41) is 11.2. The number of piperazine rings is 1. The highest BCUT2D eigenvalue weighted by molar-refractivity contribution is 6.06. The number of amides is 2. The maximum Gasteiger partial charge on any atom is 0.416 e. The molecule has 0 bridgehead atoms. The molecule has 2 aromatic carbocycles. The summed E-state index contributed by atoms with van der Waals surface area (Å²) in [5.41, 5.74) is 1.56. The second-order valence-corrected chi connectivity index (χ2v) is 11.2. The molecule has 1 N–H and O–H groups in total. The third-order valence-corrected chi connectivity index (χ3v) is 7.73. The predicted molar refractivity (Wildman–Crippen MR) is 170 cm³/mol. The minimum absolute atomic E-state index is 0.111. The average Bonchev–Trinajstić information content (AvgIpc) is 3.53. The van der Waals surface area contributed by atoms with Gasteiger partial charge in [0, 0.05) is 75.4 Å². The molecule has 0 spiro atoms. The van der Waals surface area contributed by atoms with Crippen LogP contribution in [0.25, 0.3) is 17.3 Å². The van der Waals surface area contributed by atoms with Gasteiger partial charge in [0.15, 0.2) is 0 Å². The maximum absolute atomic E-state index is 13.1. The van der Waals surface area contributed by atoms with Gasteiger partial charge in [0.1, 0.15) is 11.5 Å². The van der Waals surface area contributed by atoms with Crippen LogP contribution in [0.5, 0.6) is 0 Å². The fraction of sp³-hybridized carbons (Fsp3) is 0.303. The number of hydrogen-bond donors (Lipinski definition) is 1. The summed E-state index contributed by atoms with van der Waals surface area (Å²) in [4.78, 5) is 35.8. The van der Waals surface area contributed by atoms with Crippen LogP contribution in [0.4, 0.5) is 24.7 Å². The van der Waals surface area contributed by atoms with E-state index in [-0.39, 0.29) is 11.3 Å². The number of pyridine rings is 1. The van der Waals surface area contributed by atoms with E-state index < -0.39 is 23.6 Å². The first-order chi connectivity index (χ1) is 22.0. The van der Waals surface area contributed by atoms with Crippen LogP contribution in [0, 0.1) is 0 Å². The zero-order valence-electron chi connectivity index (χ0n) is 25.6. The van der Waals surface area contributed by atoms with Crippen LogP contribution in [-0.2, 0) is 17.5 Å². The molecule has 0 radical (unpaired) electrons. The van der Waals surface area contributed by atoms with Gasteiger partial charge in [0.05, 0.1) is 11.8 Å². The molecule has 1 saturated heterocycles. The predicted octanol–water partition coefficient (Wildman–Crippen LogP) is 4.92. The molecule has 3 heterocycles. The van der Waals surface area contributed by atoms with Crippen molar-refractivity contribution in [1.29, 1.82) is 0 Å². The van der Waals surface area contributed by atoms with Gasteiger partial charge in [-0.05, 0) is 67.6 Å². The first-order valence-corrected chi connectivity index (χ1v) is 14.9. The summed E-state index contributed by atoms with van der Waals surface area (Å²) in [6.45, 7) is 6.17. The quantitative estimate of drug-likeness (QED) is 0.248. The van der Waals surface area contributed by atoms with Crippen LogP contribution >= 0.6 is 0 Å². The standard InChI is InChI=1S/C33H35F3N8O2/c1-41-16-18-43(19-17-41)14-5-15-44-23-29(39-40-44)26-11-12-30(37-22-26)38-31(45)13-10-24-6-3-7-25(20-24)32(46)42(2)28-9-4-8-27(21-28)33(34,35)36/h3-4,6-13,20-23H,5,14-19H2,1-2H3,(H,37,38,45)/b13-10+. The Kier molecular flexibility index (Phi) is 10.2. The number of aryl methyl sites for hydroxylation is 1. The highest BCUT2D eigenvalue weighted by atomic mass is 19.4. The fourth-order valence-electron chi connectivity index (χ4n) is 5.00. The van der Waals surface area contributed by atoms with E-state index in [1.165, 1.54) is 31.3 Å². The van der Waals surface area contributed by atoms with Gasteiger partial charge in [-0.2, -0.15) is 13.2 Å². The lowest BCUT2D eigenvalue weighted by Crippen LogP contribution is -2.44. The third-order valence-electron chi connectivity index (χ3n) is 7.73. The van der Waals surface area contributed by atoms with E-state index in [9.17, 15) is 22.8 Å². The lowest BCUT2D eigenvalue weighted by Gasteiger charge is -2.32. The second kappa shape index (κ2) is 14.5. The fourth-order valence-corrected chi connectivity index (χ4v) is 5.00. The van der Waals surface area contributed by atoms with Gasteiger partial charge in [-0.15, -0.1) is 5.10 Å². The number of nitrogens with one attached hydrogen (secondary N) is 1. The van der Waals surface area contributed by atoms with Crippen molar-refractivity contribution < 1.29 is 22.8 Å². The zero-order valence-corrected chi connectivity index (χ0v) is 25.6. The Morgan fingerprint density at radius 1 is 1.00 bits per heavy atom. The summed E-state index contributed by atoms with van der Waals surface area (Å²) in [7, 11) is 3.55. The van der Waals surface area contributed by atoms with Crippen molar-refractivity contribution in [1.82, 2.24) is 29.8 Å². The Bertz CT molecular complexity index is 1680. The molecule has 0 saturated carbocycles. The summed E-state index contributed by atoms with van der Waals surface area (Å²) < 4.78 is 41.2. The van der Waals surface area contributed by atoms with Gasteiger partial charge in [-0.25, -0.2) is 4.98 Å². The normalized spacial score (nSPS) is 14.5. The van der Waals surface area contributed by atoms with Gasteiger partial charge in [-0.1, -0.05) is 23.4 Å². The van der Waals surface area contributed by atoms with Crippen molar-refractivity contribution in [2.75, 3.05) is 57.0 Å². The van der Waals surface area contributed by atoms with E-state index >= 15 is 0 Å². The minimum atomic E-state index is -4.52. The maximum atomic E-state index is 13.1. The zero-order chi connectivity index (χ0) is 32.7. The first kappa shape index (κ1) is 32.5. The van der Waals surface area contributed by atoms with Crippen LogP contribution in [0.15, 0.2) is 79.1 Å². The van der Waals surface area contributed by atoms with Crippen LogP contribution in [-0.4, -0.2) is 88.4 Å². The van der Waals surface area contributed by atoms with Gasteiger partial charge in [0.2, 0.25) is 5.91 Å². The van der Waals surface area contributed by atoms with Gasteiger partial charge >= 0.3 is 6.18 Å². The molecule has 46 heavy (non-hydrogen) atoms. The molecule has 1 aliphatic rings. The molecule has 240 valence electrons. The SMILES string of the molecule is CN1CCN(CCCn2cc(-c3ccc(NC(=O)/C=C/c4cccc(C(=O)N(C)c5cccc(C(F)(F)F)c5)c4)nc3)nn2)CC1. The van der Waals surface area contributed by atoms with Gasteiger partial charge in [0.25, 0.3) is 5.91 Å². The molecule has 5 rings (SSSR count). The van der Waals surface area contributed by atoms with E-state index in [1.807, 2.05) is 10.9 Å².